The van der Waals surface area contributed by atoms with Crippen molar-refractivity contribution in [2.24, 2.45) is 0 Å². The van der Waals surface area contributed by atoms with E-state index in [0.717, 1.165) is 0 Å². The van der Waals surface area contributed by atoms with Gasteiger partial charge in [-0.15, -0.1) is 0 Å². The van der Waals surface area contributed by atoms with Crippen LogP contribution in [0.25, 0.3) is 0 Å². The number of rotatable bonds is 3. The quantitative estimate of drug-likeness (QED) is 0.506. The number of aliphatic hydroxyl groups excluding tert-OH is 2. The second-order valence-corrected chi connectivity index (χ2v) is 5.66. The lowest BCUT2D eigenvalue weighted by atomic mass is 10.2. The highest BCUT2D eigenvalue weighted by Crippen LogP contribution is 2.12. The van der Waals surface area contributed by atoms with Gasteiger partial charge in [0.1, 0.15) is 0 Å². The number of nitrogens with one attached hydrogen (secondary N) is 1. The van der Waals surface area contributed by atoms with Crippen LogP contribution in [0.15, 0.2) is 0 Å². The molecule has 0 aromatic rings. The second kappa shape index (κ2) is 3.91. The standard InChI is InChI=1S/C7H15NO4S/c1-5(9)2-8-6-3-13(11,12)4-7(6)10/h5-10H,2-4H2,1H3/t5-,6-,7+/m1/s1. The first-order chi connectivity index (χ1) is 5.91. The highest BCUT2D eigenvalue weighted by atomic mass is 32.2. The molecule has 0 aromatic carbocycles. The Morgan fingerprint density at radius 3 is 2.54 bits per heavy atom. The van der Waals surface area contributed by atoms with Gasteiger partial charge in [0, 0.05) is 12.6 Å². The van der Waals surface area contributed by atoms with Gasteiger partial charge in [-0.3, -0.25) is 0 Å². The van der Waals surface area contributed by atoms with Crippen LogP contribution in [0.1, 0.15) is 6.92 Å². The number of aliphatic hydroxyl groups is 2. The van der Waals surface area contributed by atoms with Gasteiger partial charge in [0.15, 0.2) is 9.84 Å². The summed E-state index contributed by atoms with van der Waals surface area (Å²) in [6.07, 6.45) is -1.38. The maximum Gasteiger partial charge on any atom is 0.154 e. The van der Waals surface area contributed by atoms with Crippen LogP contribution in [0.5, 0.6) is 0 Å². The third-order valence-corrected chi connectivity index (χ3v) is 3.71. The molecule has 0 bridgehead atoms. The van der Waals surface area contributed by atoms with Crippen molar-refractivity contribution in [3.8, 4) is 0 Å². The fraction of sp³-hybridized carbons (Fsp3) is 1.00. The Bertz CT molecular complexity index is 262. The Morgan fingerprint density at radius 1 is 1.54 bits per heavy atom. The minimum absolute atomic E-state index is 0.0408. The topological polar surface area (TPSA) is 86.6 Å². The molecule has 3 atom stereocenters. The van der Waals surface area contributed by atoms with E-state index >= 15 is 0 Å². The number of sulfone groups is 1. The van der Waals surface area contributed by atoms with Crippen LogP contribution < -0.4 is 5.32 Å². The van der Waals surface area contributed by atoms with Crippen molar-refractivity contribution >= 4 is 9.84 Å². The minimum atomic E-state index is -3.09. The van der Waals surface area contributed by atoms with Crippen molar-refractivity contribution in [1.29, 1.82) is 0 Å². The highest BCUT2D eigenvalue weighted by Gasteiger charge is 2.35. The molecule has 1 saturated heterocycles. The molecule has 0 unspecified atom stereocenters. The first-order valence-electron chi connectivity index (χ1n) is 4.20. The van der Waals surface area contributed by atoms with Crippen molar-refractivity contribution in [3.63, 3.8) is 0 Å². The van der Waals surface area contributed by atoms with Crippen LogP contribution in [0.2, 0.25) is 0 Å². The lowest BCUT2D eigenvalue weighted by Gasteiger charge is -2.15. The molecule has 3 N–H and O–H groups in total. The average molecular weight is 209 g/mol. The molecule has 78 valence electrons. The third kappa shape index (κ3) is 3.22. The zero-order valence-corrected chi connectivity index (χ0v) is 8.29. The van der Waals surface area contributed by atoms with E-state index in [1.807, 2.05) is 0 Å². The molecule has 0 spiro atoms. The van der Waals surface area contributed by atoms with Gasteiger partial charge in [-0.2, -0.15) is 0 Å². The van der Waals surface area contributed by atoms with Gasteiger partial charge < -0.3 is 15.5 Å². The summed E-state index contributed by atoms with van der Waals surface area (Å²) in [6.45, 7) is 1.90. The average Bonchev–Trinajstić information content (AvgIpc) is 2.20. The summed E-state index contributed by atoms with van der Waals surface area (Å²) in [5.74, 6) is -0.217. The van der Waals surface area contributed by atoms with Crippen molar-refractivity contribution in [1.82, 2.24) is 5.32 Å². The predicted molar refractivity (Wildman–Crippen MR) is 48.1 cm³/mol. The Balaban J connectivity index is 2.44. The molecular weight excluding hydrogens is 194 g/mol. The van der Waals surface area contributed by atoms with Gasteiger partial charge in [0.2, 0.25) is 0 Å². The molecule has 5 nitrogen and oxygen atoms in total. The van der Waals surface area contributed by atoms with Crippen molar-refractivity contribution in [3.05, 3.63) is 0 Å². The van der Waals surface area contributed by atoms with E-state index in [4.69, 9.17) is 5.11 Å². The number of hydrogen-bond donors (Lipinski definition) is 3. The predicted octanol–water partition coefficient (Wildman–Crippen LogP) is -1.89. The molecule has 1 aliphatic heterocycles. The van der Waals surface area contributed by atoms with E-state index < -0.39 is 28.1 Å². The summed E-state index contributed by atoms with van der Waals surface area (Å²) in [5, 5.41) is 21.1. The lowest BCUT2D eigenvalue weighted by Crippen LogP contribution is -2.42. The Hall–Kier alpha value is -0.170. The second-order valence-electron chi connectivity index (χ2n) is 3.51. The van der Waals surface area contributed by atoms with E-state index in [0.29, 0.717) is 6.54 Å². The van der Waals surface area contributed by atoms with E-state index in [9.17, 15) is 13.5 Å². The maximum absolute atomic E-state index is 11.0. The molecule has 0 aromatic heterocycles. The van der Waals surface area contributed by atoms with Gasteiger partial charge in [0.05, 0.1) is 23.7 Å². The van der Waals surface area contributed by atoms with Crippen LogP contribution in [-0.4, -0.2) is 54.9 Å². The van der Waals surface area contributed by atoms with E-state index in [-0.39, 0.29) is 11.5 Å². The first-order valence-corrected chi connectivity index (χ1v) is 6.03. The maximum atomic E-state index is 11.0. The Morgan fingerprint density at radius 2 is 2.15 bits per heavy atom. The molecular formula is C7H15NO4S. The van der Waals surface area contributed by atoms with Crippen LogP contribution >= 0.6 is 0 Å². The molecule has 0 amide bonds. The Labute approximate surface area is 77.7 Å². The van der Waals surface area contributed by atoms with Gasteiger partial charge in [-0.25, -0.2) is 8.42 Å². The number of hydrogen-bond acceptors (Lipinski definition) is 5. The summed E-state index contributed by atoms with van der Waals surface area (Å²) in [6, 6.07) is -0.431. The summed E-state index contributed by atoms with van der Waals surface area (Å²) in [4.78, 5) is 0. The molecule has 1 rings (SSSR count). The normalized spacial score (nSPS) is 34.7. The fourth-order valence-electron chi connectivity index (χ4n) is 1.35. The van der Waals surface area contributed by atoms with Gasteiger partial charge in [0.25, 0.3) is 0 Å². The molecule has 13 heavy (non-hydrogen) atoms. The van der Waals surface area contributed by atoms with Crippen LogP contribution in [-0.2, 0) is 9.84 Å². The van der Waals surface area contributed by atoms with Crippen LogP contribution in [0.4, 0.5) is 0 Å². The SMILES string of the molecule is C[C@@H](O)CN[C@@H]1CS(=O)(=O)C[C@@H]1O. The van der Waals surface area contributed by atoms with Crippen molar-refractivity contribution in [2.45, 2.75) is 25.2 Å². The summed E-state index contributed by atoms with van der Waals surface area (Å²) in [7, 11) is -3.09. The Kier molecular flexibility index (Phi) is 3.28. The highest BCUT2D eigenvalue weighted by molar-refractivity contribution is 7.91. The zero-order valence-electron chi connectivity index (χ0n) is 7.47. The molecule has 0 saturated carbocycles. The zero-order chi connectivity index (χ0) is 10.1. The largest absolute Gasteiger partial charge is 0.392 e. The van der Waals surface area contributed by atoms with Gasteiger partial charge in [-0.05, 0) is 6.92 Å². The lowest BCUT2D eigenvalue weighted by molar-refractivity contribution is 0.143. The first kappa shape index (κ1) is 10.9. The molecule has 1 fully saturated rings. The van der Waals surface area contributed by atoms with Gasteiger partial charge >= 0.3 is 0 Å². The minimum Gasteiger partial charge on any atom is -0.392 e. The molecule has 1 heterocycles. The summed E-state index contributed by atoms with van der Waals surface area (Å²) in [5.41, 5.74) is 0. The molecule has 1 aliphatic rings. The summed E-state index contributed by atoms with van der Waals surface area (Å²) < 4.78 is 22.1. The molecule has 0 radical (unpaired) electrons. The van der Waals surface area contributed by atoms with Gasteiger partial charge in [-0.1, -0.05) is 0 Å². The van der Waals surface area contributed by atoms with Crippen molar-refractivity contribution < 1.29 is 18.6 Å². The summed E-state index contributed by atoms with van der Waals surface area (Å²) >= 11 is 0. The van der Waals surface area contributed by atoms with E-state index in [2.05, 4.69) is 5.32 Å². The van der Waals surface area contributed by atoms with E-state index in [1.54, 1.807) is 6.92 Å². The van der Waals surface area contributed by atoms with Crippen LogP contribution in [0.3, 0.4) is 0 Å². The molecule has 0 aliphatic carbocycles. The fourth-order valence-corrected chi connectivity index (χ4v) is 3.12. The van der Waals surface area contributed by atoms with Crippen LogP contribution in [0, 0.1) is 0 Å². The monoisotopic (exact) mass is 209 g/mol. The molecule has 6 heteroatoms. The van der Waals surface area contributed by atoms with Crippen molar-refractivity contribution in [2.75, 3.05) is 18.1 Å². The smallest absolute Gasteiger partial charge is 0.154 e. The van der Waals surface area contributed by atoms with E-state index in [1.165, 1.54) is 0 Å². The third-order valence-electron chi connectivity index (χ3n) is 2.00.